The van der Waals surface area contributed by atoms with Crippen molar-refractivity contribution in [1.82, 2.24) is 0 Å². The molecular weight excluding hydrogens is 250 g/mol. The molecule has 0 aliphatic rings. The maximum atomic E-state index is 8.95. The monoisotopic (exact) mass is 269 g/mol. The van der Waals surface area contributed by atoms with Crippen LogP contribution in [-0.4, -0.2) is 10.9 Å². The number of hydrogen-bond acceptors (Lipinski definition) is 3. The summed E-state index contributed by atoms with van der Waals surface area (Å²) in [6.45, 7) is 6.31. The molecule has 0 bridgehead atoms. The van der Waals surface area contributed by atoms with Gasteiger partial charge in [-0.3, -0.25) is 0 Å². The van der Waals surface area contributed by atoms with Crippen molar-refractivity contribution in [2.75, 3.05) is 0 Å². The fourth-order valence-electron chi connectivity index (χ4n) is 1.95. The van der Waals surface area contributed by atoms with Gasteiger partial charge in [0, 0.05) is 5.56 Å². The van der Waals surface area contributed by atoms with Crippen molar-refractivity contribution in [2.45, 2.75) is 27.4 Å². The van der Waals surface area contributed by atoms with Crippen LogP contribution in [0.1, 0.15) is 29.2 Å². The fourth-order valence-corrected chi connectivity index (χ4v) is 1.95. The minimum Gasteiger partial charge on any atom is -0.488 e. The lowest BCUT2D eigenvalue weighted by Crippen LogP contribution is -2.03. The first kappa shape index (κ1) is 14.1. The average molecular weight is 269 g/mol. The van der Waals surface area contributed by atoms with Gasteiger partial charge in [-0.15, -0.1) is 0 Å². The van der Waals surface area contributed by atoms with Gasteiger partial charge in [-0.2, -0.15) is 0 Å². The number of oxime groups is 1. The molecule has 0 unspecified atom stereocenters. The standard InChI is InChI=1S/C17H19NO2/c1-12-4-7-15(8-5-12)11-20-17-9-6-13(2)10-16(17)14(3)18-19/h4-10,19H,11H2,1-3H3/b18-14+. The number of benzene rings is 2. The Bertz CT molecular complexity index is 615. The van der Waals surface area contributed by atoms with Gasteiger partial charge in [0.05, 0.1) is 5.71 Å². The lowest BCUT2D eigenvalue weighted by atomic mass is 10.1. The number of rotatable bonds is 4. The number of hydrogen-bond donors (Lipinski definition) is 1. The number of ether oxygens (including phenoxy) is 1. The Kier molecular flexibility index (Phi) is 4.41. The van der Waals surface area contributed by atoms with Gasteiger partial charge in [0.15, 0.2) is 0 Å². The molecule has 0 spiro atoms. The van der Waals surface area contributed by atoms with Gasteiger partial charge < -0.3 is 9.94 Å². The summed E-state index contributed by atoms with van der Waals surface area (Å²) < 4.78 is 5.85. The van der Waals surface area contributed by atoms with Crippen molar-refractivity contribution in [1.29, 1.82) is 0 Å². The van der Waals surface area contributed by atoms with Gasteiger partial charge in [-0.25, -0.2) is 0 Å². The zero-order valence-electron chi connectivity index (χ0n) is 12.1. The van der Waals surface area contributed by atoms with Gasteiger partial charge in [-0.05, 0) is 38.5 Å². The summed E-state index contributed by atoms with van der Waals surface area (Å²) in [4.78, 5) is 0. The van der Waals surface area contributed by atoms with Crippen LogP contribution >= 0.6 is 0 Å². The van der Waals surface area contributed by atoms with Crippen LogP contribution < -0.4 is 4.74 Å². The van der Waals surface area contributed by atoms with E-state index in [2.05, 4.69) is 36.3 Å². The van der Waals surface area contributed by atoms with Crippen molar-refractivity contribution in [3.8, 4) is 5.75 Å². The average Bonchev–Trinajstić information content (AvgIpc) is 2.46. The van der Waals surface area contributed by atoms with E-state index in [0.717, 1.165) is 22.4 Å². The van der Waals surface area contributed by atoms with E-state index in [9.17, 15) is 0 Å². The largest absolute Gasteiger partial charge is 0.488 e. The van der Waals surface area contributed by atoms with Crippen LogP contribution in [0.5, 0.6) is 5.75 Å². The molecule has 3 heteroatoms. The van der Waals surface area contributed by atoms with E-state index in [1.807, 2.05) is 25.1 Å². The van der Waals surface area contributed by atoms with Crippen LogP contribution in [0.4, 0.5) is 0 Å². The second kappa shape index (κ2) is 6.24. The van der Waals surface area contributed by atoms with Crippen molar-refractivity contribution in [3.05, 3.63) is 64.7 Å². The molecule has 0 radical (unpaired) electrons. The topological polar surface area (TPSA) is 41.8 Å². The van der Waals surface area contributed by atoms with Crippen molar-refractivity contribution < 1.29 is 9.94 Å². The molecule has 0 saturated carbocycles. The molecule has 0 aliphatic heterocycles. The lowest BCUT2D eigenvalue weighted by molar-refractivity contribution is 0.303. The Labute approximate surface area is 119 Å². The van der Waals surface area contributed by atoms with E-state index in [0.29, 0.717) is 12.3 Å². The summed E-state index contributed by atoms with van der Waals surface area (Å²) in [6.07, 6.45) is 0. The van der Waals surface area contributed by atoms with Crippen LogP contribution in [0.15, 0.2) is 47.6 Å². The summed E-state index contributed by atoms with van der Waals surface area (Å²) in [5.41, 5.74) is 4.81. The molecule has 0 aliphatic carbocycles. The molecule has 1 N–H and O–H groups in total. The zero-order valence-corrected chi connectivity index (χ0v) is 12.1. The van der Waals surface area contributed by atoms with Crippen LogP contribution in [-0.2, 0) is 6.61 Å². The first-order valence-corrected chi connectivity index (χ1v) is 6.58. The zero-order chi connectivity index (χ0) is 14.5. The maximum absolute atomic E-state index is 8.95. The summed E-state index contributed by atoms with van der Waals surface area (Å²) in [6, 6.07) is 14.1. The third kappa shape index (κ3) is 3.38. The predicted octanol–water partition coefficient (Wildman–Crippen LogP) is 4.08. The first-order valence-electron chi connectivity index (χ1n) is 6.58. The smallest absolute Gasteiger partial charge is 0.128 e. The molecule has 0 aromatic heterocycles. The molecule has 3 nitrogen and oxygen atoms in total. The SMILES string of the molecule is C/C(=N\O)c1cc(C)ccc1OCc1ccc(C)cc1. The fraction of sp³-hybridized carbons (Fsp3) is 0.235. The molecule has 0 atom stereocenters. The Morgan fingerprint density at radius 2 is 1.70 bits per heavy atom. The Balaban J connectivity index is 2.19. The highest BCUT2D eigenvalue weighted by atomic mass is 16.5. The third-order valence-electron chi connectivity index (χ3n) is 3.19. The number of aryl methyl sites for hydroxylation is 2. The van der Waals surface area contributed by atoms with Crippen LogP contribution in [0.2, 0.25) is 0 Å². The molecule has 0 fully saturated rings. The van der Waals surface area contributed by atoms with E-state index < -0.39 is 0 Å². The van der Waals surface area contributed by atoms with Crippen molar-refractivity contribution in [3.63, 3.8) is 0 Å². The molecule has 2 aromatic carbocycles. The van der Waals surface area contributed by atoms with Crippen LogP contribution in [0, 0.1) is 13.8 Å². The molecule has 0 saturated heterocycles. The molecular formula is C17H19NO2. The Hall–Kier alpha value is -2.29. The Morgan fingerprint density at radius 1 is 1.05 bits per heavy atom. The second-order valence-corrected chi connectivity index (χ2v) is 4.96. The van der Waals surface area contributed by atoms with E-state index in [1.54, 1.807) is 6.92 Å². The lowest BCUT2D eigenvalue weighted by Gasteiger charge is -2.12. The quantitative estimate of drug-likeness (QED) is 0.516. The third-order valence-corrected chi connectivity index (χ3v) is 3.19. The normalized spacial score (nSPS) is 11.4. The second-order valence-electron chi connectivity index (χ2n) is 4.96. The van der Waals surface area contributed by atoms with E-state index in [-0.39, 0.29) is 0 Å². The highest BCUT2D eigenvalue weighted by Crippen LogP contribution is 2.22. The van der Waals surface area contributed by atoms with Gasteiger partial charge in [0.2, 0.25) is 0 Å². The summed E-state index contributed by atoms with van der Waals surface area (Å²) in [5.74, 6) is 0.728. The summed E-state index contributed by atoms with van der Waals surface area (Å²) in [5, 5.41) is 12.2. The summed E-state index contributed by atoms with van der Waals surface area (Å²) in [7, 11) is 0. The van der Waals surface area contributed by atoms with E-state index >= 15 is 0 Å². The summed E-state index contributed by atoms with van der Waals surface area (Å²) >= 11 is 0. The maximum Gasteiger partial charge on any atom is 0.128 e. The number of nitrogens with zero attached hydrogens (tertiary/aromatic N) is 1. The molecule has 2 rings (SSSR count). The first-order chi connectivity index (χ1) is 9.60. The van der Waals surface area contributed by atoms with Crippen molar-refractivity contribution in [2.24, 2.45) is 5.16 Å². The molecule has 2 aromatic rings. The van der Waals surface area contributed by atoms with Gasteiger partial charge in [0.25, 0.3) is 0 Å². The van der Waals surface area contributed by atoms with E-state index in [4.69, 9.17) is 9.94 Å². The molecule has 20 heavy (non-hydrogen) atoms. The van der Waals surface area contributed by atoms with Crippen LogP contribution in [0.3, 0.4) is 0 Å². The Morgan fingerprint density at radius 3 is 2.35 bits per heavy atom. The van der Waals surface area contributed by atoms with Crippen LogP contribution in [0.25, 0.3) is 0 Å². The van der Waals surface area contributed by atoms with Crippen molar-refractivity contribution >= 4 is 5.71 Å². The predicted molar refractivity (Wildman–Crippen MR) is 80.7 cm³/mol. The van der Waals surface area contributed by atoms with E-state index in [1.165, 1.54) is 5.56 Å². The van der Waals surface area contributed by atoms with Gasteiger partial charge >= 0.3 is 0 Å². The highest BCUT2D eigenvalue weighted by molar-refractivity contribution is 6.00. The minimum absolute atomic E-state index is 0.495. The van der Waals surface area contributed by atoms with Gasteiger partial charge in [0.1, 0.15) is 12.4 Å². The molecule has 0 amide bonds. The minimum atomic E-state index is 0.495. The highest BCUT2D eigenvalue weighted by Gasteiger charge is 2.08. The van der Waals surface area contributed by atoms with Gasteiger partial charge in [-0.1, -0.05) is 46.6 Å². The molecule has 0 heterocycles. The molecule has 104 valence electrons.